The largest absolute Gasteiger partial charge is 0.309 e. The van der Waals surface area contributed by atoms with Crippen LogP contribution in [0.15, 0.2) is 486 Å². The summed E-state index contributed by atoms with van der Waals surface area (Å²) in [7, 11) is 0. The maximum absolute atomic E-state index is 4.58. The first-order chi connectivity index (χ1) is 72.7. The third-order valence-corrected chi connectivity index (χ3v) is 31.0. The second kappa shape index (κ2) is 36.5. The van der Waals surface area contributed by atoms with E-state index in [9.17, 15) is 0 Å². The lowest BCUT2D eigenvalue weighted by Gasteiger charge is -2.23. The van der Waals surface area contributed by atoms with Crippen LogP contribution in [0.4, 0.5) is 0 Å². The molecule has 0 atom stereocenters. The van der Waals surface area contributed by atoms with Crippen molar-refractivity contribution in [1.82, 2.24) is 24.5 Å². The van der Waals surface area contributed by atoms with E-state index in [0.29, 0.717) is 0 Å². The number of pyridine rings is 4. The number of hydrogen-bond donors (Lipinski definition) is 0. The molecule has 0 unspecified atom stereocenters. The molecule has 0 N–H and O–H groups in total. The van der Waals surface area contributed by atoms with Crippen molar-refractivity contribution >= 4 is 130 Å². The Hall–Kier alpha value is -18.2. The molecular weight excluding hydrogens is 1800 g/mol. The van der Waals surface area contributed by atoms with Crippen molar-refractivity contribution in [3.63, 3.8) is 0 Å². The number of fused-ring (bicyclic) bond motifs is 4. The minimum Gasteiger partial charge on any atom is -0.309 e. The van der Waals surface area contributed by atoms with Crippen LogP contribution in [0.2, 0.25) is 0 Å². The zero-order valence-corrected chi connectivity index (χ0v) is 84.9. The first-order valence-corrected chi connectivity index (χ1v) is 51.9. The molecule has 28 aromatic rings. The van der Waals surface area contributed by atoms with Crippen LogP contribution in [-0.2, 0) is 16.2 Å². The maximum atomic E-state index is 4.58. The second-order valence-electron chi connectivity index (χ2n) is 43.2. The van der Waals surface area contributed by atoms with Crippen molar-refractivity contribution in [2.45, 2.75) is 78.6 Å². The van der Waals surface area contributed by atoms with Crippen molar-refractivity contribution in [1.29, 1.82) is 0 Å². The number of para-hydroxylation sites is 2. The molecule has 5 nitrogen and oxygen atoms in total. The summed E-state index contributed by atoms with van der Waals surface area (Å²) in [5, 5.41) is 28.6. The van der Waals surface area contributed by atoms with E-state index in [1.807, 2.05) is 79.6 Å². The first-order valence-electron chi connectivity index (χ1n) is 51.9. The Morgan fingerprint density at radius 3 is 0.872 bits per heavy atom. The normalized spacial score (nSPS) is 12.1. The van der Waals surface area contributed by atoms with Gasteiger partial charge < -0.3 is 4.57 Å². The van der Waals surface area contributed by atoms with E-state index in [1.165, 1.54) is 258 Å². The smallest absolute Gasteiger partial charge is 0.0701 e. The van der Waals surface area contributed by atoms with E-state index in [0.717, 1.165) is 28.1 Å². The summed E-state index contributed by atoms with van der Waals surface area (Å²) in [5.41, 5.74) is 36.4. The summed E-state index contributed by atoms with van der Waals surface area (Å²) in [6, 6.07) is 166. The molecule has 23 aromatic carbocycles. The molecule has 5 heterocycles. The second-order valence-corrected chi connectivity index (χ2v) is 43.2. The fraction of sp³-hybridized carbons (Fsp3) is 0.0833. The SMILES string of the molecule is CC(C)(C)c1cc2ccc3c(-c4ccc(-c5ccc(-c6ccncc6)cc5)cc4)cc(-c4ccc(-c5ccccn5)cc4)c4ccc(c1)c2c34.CC(C)(C)c1cc2ccc3c(-c4ccc(-c5ccccn5)cc4)cc(-c4ccc(-c5cccc6ccccc56)cc4)c4ccc(c1)c2c34.CC(C)(C)c1cc2ccc3c(-c4ccc(-c5cccnc5)cc4)cc(-c4ccc5c(c4)c4ccccc4n5-c4ccccc4)c4ccc(c1)c2c34. The number of benzene rings is 23. The summed E-state index contributed by atoms with van der Waals surface area (Å²) < 4.78 is 2.39. The van der Waals surface area contributed by atoms with Gasteiger partial charge in [-0.05, 0) is 343 Å². The molecule has 708 valence electrons. The van der Waals surface area contributed by atoms with Crippen molar-refractivity contribution < 1.29 is 0 Å². The number of nitrogens with zero attached hydrogens (tertiary/aromatic N) is 5. The molecule has 0 aliphatic rings. The molecule has 0 aliphatic heterocycles. The van der Waals surface area contributed by atoms with Crippen LogP contribution in [0.1, 0.15) is 79.0 Å². The van der Waals surface area contributed by atoms with Crippen LogP contribution in [0, 0.1) is 0 Å². The highest BCUT2D eigenvalue weighted by Crippen LogP contribution is 2.52. The van der Waals surface area contributed by atoms with Gasteiger partial charge in [-0.2, -0.15) is 0 Å². The van der Waals surface area contributed by atoms with E-state index in [1.54, 1.807) is 0 Å². The van der Waals surface area contributed by atoms with Gasteiger partial charge >= 0.3 is 0 Å². The molecule has 0 aliphatic carbocycles. The lowest BCUT2D eigenvalue weighted by molar-refractivity contribution is 0.591. The highest BCUT2D eigenvalue weighted by molar-refractivity contribution is 6.32. The van der Waals surface area contributed by atoms with Crippen LogP contribution >= 0.6 is 0 Å². The summed E-state index contributed by atoms with van der Waals surface area (Å²) in [6.07, 6.45) is 11.1. The average molecular weight is 1910 g/mol. The summed E-state index contributed by atoms with van der Waals surface area (Å²) in [4.78, 5) is 17.7. The zero-order valence-electron chi connectivity index (χ0n) is 84.9. The topological polar surface area (TPSA) is 56.5 Å². The molecule has 0 bridgehead atoms. The van der Waals surface area contributed by atoms with Crippen molar-refractivity contribution in [2.75, 3.05) is 0 Å². The van der Waals surface area contributed by atoms with Gasteiger partial charge in [-0.25, -0.2) is 0 Å². The van der Waals surface area contributed by atoms with Gasteiger partial charge in [-0.3, -0.25) is 19.9 Å². The van der Waals surface area contributed by atoms with Crippen molar-refractivity contribution in [3.8, 4) is 139 Å². The predicted molar refractivity (Wildman–Crippen MR) is 635 cm³/mol. The van der Waals surface area contributed by atoms with Crippen molar-refractivity contribution in [3.05, 3.63) is 503 Å². The summed E-state index contributed by atoms with van der Waals surface area (Å²) >= 11 is 0. The van der Waals surface area contributed by atoms with Gasteiger partial charge in [-0.15, -0.1) is 0 Å². The third-order valence-electron chi connectivity index (χ3n) is 31.0. The van der Waals surface area contributed by atoms with Gasteiger partial charge in [0.05, 0.1) is 22.4 Å². The Morgan fingerprint density at radius 2 is 0.490 bits per heavy atom. The van der Waals surface area contributed by atoms with Gasteiger partial charge in [-0.1, -0.05) is 420 Å². The molecule has 0 saturated heterocycles. The van der Waals surface area contributed by atoms with Crippen LogP contribution in [0.5, 0.6) is 0 Å². The van der Waals surface area contributed by atoms with E-state index < -0.39 is 0 Å². The van der Waals surface area contributed by atoms with Crippen LogP contribution in [-0.4, -0.2) is 24.5 Å². The molecule has 5 aromatic heterocycles. The minimum atomic E-state index is 0.0606. The standard InChI is InChI=1S/C49H36N2.C48H36N2.C47H35N/c1-49(2,3)37-26-34-19-22-40-42(32-17-15-31(16-18-32)36-10-9-25-50-30-36)29-43(41-23-20-35(27-37)47(34)48(40)41)33-21-24-46-44(28-33)39-13-7-8-14-45(39)51(46)38-11-5-4-6-12-38;1-48(2,3)40-28-38-19-21-41-43(35-13-11-32(12-14-35)31-7-9-33(10-8-31)34-23-26-49-27-24-34)30-44(42-22-20-39(29-40)46(38)47(41)42)36-15-17-37(18-16-36)45-6-4-5-25-50-45;1-47(2,3)37-27-35-22-24-40-42(32-16-14-31(15-17-32)39-12-8-10-30-9-4-5-11-38(30)39)29-43(41-25-23-36(28-37)45(35)46(40)41)33-18-20-34(21-19-33)44-13-6-7-26-48-44/h4-30H,1-3H3;4-30H,1-3H3;4-29H,1-3H3. The van der Waals surface area contributed by atoms with Gasteiger partial charge in [0, 0.05) is 64.8 Å². The fourth-order valence-electron chi connectivity index (χ4n) is 23.1. The van der Waals surface area contributed by atoms with E-state index in [2.05, 4.69) is 493 Å². The average Bonchev–Trinajstić information content (AvgIpc) is 1.28. The van der Waals surface area contributed by atoms with E-state index >= 15 is 0 Å². The molecule has 28 rings (SSSR count). The van der Waals surface area contributed by atoms with Gasteiger partial charge in [0.2, 0.25) is 0 Å². The van der Waals surface area contributed by atoms with Gasteiger partial charge in [0.25, 0.3) is 0 Å². The van der Waals surface area contributed by atoms with Crippen LogP contribution < -0.4 is 0 Å². The highest BCUT2D eigenvalue weighted by atomic mass is 15.0. The highest BCUT2D eigenvalue weighted by Gasteiger charge is 2.28. The van der Waals surface area contributed by atoms with Crippen LogP contribution in [0.3, 0.4) is 0 Å². The zero-order chi connectivity index (χ0) is 100. The van der Waals surface area contributed by atoms with E-state index in [4.69, 9.17) is 0 Å². The number of rotatable bonds is 13. The lowest BCUT2D eigenvalue weighted by Crippen LogP contribution is -2.10. The Bertz CT molecular complexity index is 9900. The van der Waals surface area contributed by atoms with Crippen molar-refractivity contribution in [2.24, 2.45) is 0 Å². The minimum absolute atomic E-state index is 0.0606. The molecular formula is C144H107N5. The Kier molecular flexibility index (Phi) is 22.3. The quantitative estimate of drug-likeness (QED) is 0.108. The van der Waals surface area contributed by atoms with E-state index in [-0.39, 0.29) is 16.2 Å². The molecule has 0 amide bonds. The molecule has 149 heavy (non-hydrogen) atoms. The first kappa shape index (κ1) is 90.8. The van der Waals surface area contributed by atoms with Gasteiger partial charge in [0.1, 0.15) is 0 Å². The van der Waals surface area contributed by atoms with Gasteiger partial charge in [0.15, 0.2) is 0 Å². The summed E-state index contributed by atoms with van der Waals surface area (Å²) in [6.45, 7) is 20.7. The lowest BCUT2D eigenvalue weighted by atomic mass is 9.81. The monoisotopic (exact) mass is 1910 g/mol. The van der Waals surface area contributed by atoms with Crippen LogP contribution in [0.25, 0.3) is 269 Å². The number of hydrogen-bond acceptors (Lipinski definition) is 4. The Morgan fingerprint density at radius 1 is 0.168 bits per heavy atom. The third kappa shape index (κ3) is 16.5. The molecule has 0 spiro atoms. The molecule has 0 fully saturated rings. The fourth-order valence-corrected chi connectivity index (χ4v) is 23.1. The Labute approximate surface area is 868 Å². The maximum Gasteiger partial charge on any atom is 0.0701 e. The Balaban J connectivity index is 0.000000113. The predicted octanol–water partition coefficient (Wildman–Crippen LogP) is 39.5. The number of aromatic nitrogens is 5. The molecule has 0 radical (unpaired) electrons. The molecule has 0 saturated carbocycles. The summed E-state index contributed by atoms with van der Waals surface area (Å²) in [5.74, 6) is 0. The molecule has 5 heteroatoms.